The highest BCUT2D eigenvalue weighted by molar-refractivity contribution is 9.10. The summed E-state index contributed by atoms with van der Waals surface area (Å²) in [6.07, 6.45) is 1.23. The van der Waals surface area contributed by atoms with E-state index in [1.807, 2.05) is 0 Å². The normalized spacial score (nSPS) is 11.1. The van der Waals surface area contributed by atoms with Crippen molar-refractivity contribution in [3.63, 3.8) is 0 Å². The molecule has 0 unspecified atom stereocenters. The van der Waals surface area contributed by atoms with Gasteiger partial charge in [-0.3, -0.25) is 0 Å². The number of hydrogen-bond donors (Lipinski definition) is 2. The van der Waals surface area contributed by atoms with Gasteiger partial charge >= 0.3 is 0 Å². The van der Waals surface area contributed by atoms with Crippen molar-refractivity contribution in [2.45, 2.75) is 0 Å². The number of nitrogens with two attached hydrogens (primary N) is 1. The lowest BCUT2D eigenvalue weighted by Gasteiger charge is -2.02. The number of aromatic amines is 1. The van der Waals surface area contributed by atoms with Gasteiger partial charge in [-0.05, 0) is 12.1 Å². The summed E-state index contributed by atoms with van der Waals surface area (Å²) in [5.41, 5.74) is 5.97. The molecular formula is C11H6BrF2N5. The van der Waals surface area contributed by atoms with Crippen LogP contribution in [0.3, 0.4) is 0 Å². The molecule has 19 heavy (non-hydrogen) atoms. The molecule has 1 aromatic carbocycles. The van der Waals surface area contributed by atoms with Gasteiger partial charge in [0, 0.05) is 4.47 Å². The molecule has 0 aliphatic heterocycles. The summed E-state index contributed by atoms with van der Waals surface area (Å²) in [7, 11) is 0. The van der Waals surface area contributed by atoms with Gasteiger partial charge in [-0.1, -0.05) is 15.9 Å². The van der Waals surface area contributed by atoms with Crippen LogP contribution in [0.15, 0.2) is 22.9 Å². The molecule has 0 spiro atoms. The summed E-state index contributed by atoms with van der Waals surface area (Å²) in [6, 6.07) is 2.31. The number of nitrogens with zero attached hydrogens (tertiary/aromatic N) is 3. The van der Waals surface area contributed by atoms with Gasteiger partial charge in [0.25, 0.3) is 0 Å². The average Bonchev–Trinajstić information content (AvgIpc) is 2.72. The molecule has 0 saturated carbocycles. The molecule has 0 saturated heterocycles. The van der Waals surface area contributed by atoms with Crippen LogP contribution >= 0.6 is 15.9 Å². The summed E-state index contributed by atoms with van der Waals surface area (Å²) >= 11 is 3.01. The number of fused-ring (bicyclic) bond motifs is 1. The third kappa shape index (κ3) is 1.93. The second-order valence-corrected chi connectivity index (χ2v) is 4.70. The molecule has 8 heteroatoms. The quantitative estimate of drug-likeness (QED) is 0.720. The maximum Gasteiger partial charge on any atom is 0.183 e. The molecule has 0 fully saturated rings. The van der Waals surface area contributed by atoms with Crippen LogP contribution in [0.25, 0.3) is 22.6 Å². The fourth-order valence-corrected chi connectivity index (χ4v) is 2.14. The van der Waals surface area contributed by atoms with Crippen molar-refractivity contribution in [3.05, 3.63) is 34.6 Å². The van der Waals surface area contributed by atoms with Crippen molar-refractivity contribution < 1.29 is 8.78 Å². The Hall–Kier alpha value is -2.09. The molecule has 3 rings (SSSR count). The van der Waals surface area contributed by atoms with E-state index in [4.69, 9.17) is 5.73 Å². The van der Waals surface area contributed by atoms with Crippen LogP contribution in [0.1, 0.15) is 0 Å². The van der Waals surface area contributed by atoms with Gasteiger partial charge in [-0.15, -0.1) is 0 Å². The number of nitrogen functional groups attached to an aromatic ring is 1. The Morgan fingerprint density at radius 2 is 1.84 bits per heavy atom. The van der Waals surface area contributed by atoms with Gasteiger partial charge in [-0.2, -0.15) is 0 Å². The minimum absolute atomic E-state index is 0.0182. The van der Waals surface area contributed by atoms with Crippen LogP contribution in [0.5, 0.6) is 0 Å². The number of rotatable bonds is 1. The van der Waals surface area contributed by atoms with E-state index in [2.05, 4.69) is 35.9 Å². The number of aromatic nitrogens is 4. The van der Waals surface area contributed by atoms with E-state index in [0.717, 1.165) is 12.1 Å². The molecule has 0 atom stereocenters. The first-order chi connectivity index (χ1) is 9.06. The van der Waals surface area contributed by atoms with E-state index in [1.54, 1.807) is 0 Å². The molecule has 3 aromatic rings. The highest BCUT2D eigenvalue weighted by atomic mass is 79.9. The second kappa shape index (κ2) is 4.23. The SMILES string of the molecule is Nc1ncnc2nc(-c3c(F)cc(Br)cc3F)[nH]c12. The molecule has 0 aliphatic rings. The van der Waals surface area contributed by atoms with Gasteiger partial charge in [0.05, 0.1) is 5.56 Å². The number of imidazole rings is 1. The first-order valence-corrected chi connectivity index (χ1v) is 5.96. The van der Waals surface area contributed by atoms with E-state index in [0.29, 0.717) is 9.99 Å². The molecule has 5 nitrogen and oxygen atoms in total. The molecule has 0 radical (unpaired) electrons. The van der Waals surface area contributed by atoms with Gasteiger partial charge in [-0.25, -0.2) is 23.7 Å². The number of anilines is 1. The summed E-state index contributed by atoms with van der Waals surface area (Å²) in [4.78, 5) is 14.4. The maximum absolute atomic E-state index is 13.8. The van der Waals surface area contributed by atoms with Crippen molar-refractivity contribution in [1.82, 2.24) is 19.9 Å². The fourth-order valence-electron chi connectivity index (χ4n) is 1.73. The van der Waals surface area contributed by atoms with Crippen LogP contribution in [-0.4, -0.2) is 19.9 Å². The number of benzene rings is 1. The Morgan fingerprint density at radius 3 is 2.47 bits per heavy atom. The van der Waals surface area contributed by atoms with Crippen LogP contribution in [0.4, 0.5) is 14.6 Å². The first-order valence-electron chi connectivity index (χ1n) is 5.17. The number of hydrogen-bond acceptors (Lipinski definition) is 4. The fraction of sp³-hybridized carbons (Fsp3) is 0. The lowest BCUT2D eigenvalue weighted by atomic mass is 10.2. The molecule has 2 aromatic heterocycles. The van der Waals surface area contributed by atoms with Crippen molar-refractivity contribution in [2.75, 3.05) is 5.73 Å². The topological polar surface area (TPSA) is 80.5 Å². The summed E-state index contributed by atoms with van der Waals surface area (Å²) < 4.78 is 28.0. The van der Waals surface area contributed by atoms with Gasteiger partial charge in [0.2, 0.25) is 0 Å². The molecule has 0 bridgehead atoms. The van der Waals surface area contributed by atoms with Gasteiger partial charge in [0.15, 0.2) is 11.5 Å². The van der Waals surface area contributed by atoms with Crippen LogP contribution < -0.4 is 5.73 Å². The zero-order chi connectivity index (χ0) is 13.6. The third-order valence-electron chi connectivity index (χ3n) is 2.56. The first kappa shape index (κ1) is 12.0. The van der Waals surface area contributed by atoms with E-state index >= 15 is 0 Å². The van der Waals surface area contributed by atoms with Crippen molar-refractivity contribution in [1.29, 1.82) is 0 Å². The van der Waals surface area contributed by atoms with Crippen LogP contribution in [0.2, 0.25) is 0 Å². The highest BCUT2D eigenvalue weighted by Gasteiger charge is 2.17. The summed E-state index contributed by atoms with van der Waals surface area (Å²) in [5, 5.41) is 0. The molecule has 2 heterocycles. The van der Waals surface area contributed by atoms with E-state index in [1.165, 1.54) is 6.33 Å². The molecule has 0 amide bonds. The minimum atomic E-state index is -0.738. The van der Waals surface area contributed by atoms with E-state index in [-0.39, 0.29) is 22.9 Å². The largest absolute Gasteiger partial charge is 0.382 e. The van der Waals surface area contributed by atoms with Crippen molar-refractivity contribution >= 4 is 32.9 Å². The molecule has 96 valence electrons. The monoisotopic (exact) mass is 325 g/mol. The predicted octanol–water partition coefficient (Wildman–Crippen LogP) is 2.64. The Bertz CT molecular complexity index is 763. The smallest absolute Gasteiger partial charge is 0.183 e. The van der Waals surface area contributed by atoms with Gasteiger partial charge < -0.3 is 10.7 Å². The maximum atomic E-state index is 13.8. The zero-order valence-corrected chi connectivity index (χ0v) is 10.9. The van der Waals surface area contributed by atoms with E-state index in [9.17, 15) is 8.78 Å². The summed E-state index contributed by atoms with van der Waals surface area (Å²) in [6.45, 7) is 0. The number of halogens is 3. The predicted molar refractivity (Wildman–Crippen MR) is 69.1 cm³/mol. The Balaban J connectivity index is 2.28. The molecule has 3 N–H and O–H groups in total. The minimum Gasteiger partial charge on any atom is -0.382 e. The number of H-pyrrole nitrogens is 1. The lowest BCUT2D eigenvalue weighted by molar-refractivity contribution is 0.586. The Labute approximate surface area is 114 Å². The Morgan fingerprint density at radius 1 is 1.16 bits per heavy atom. The average molecular weight is 326 g/mol. The van der Waals surface area contributed by atoms with Gasteiger partial charge in [0.1, 0.15) is 29.3 Å². The third-order valence-corrected chi connectivity index (χ3v) is 3.02. The molecule has 0 aliphatic carbocycles. The Kier molecular flexibility index (Phi) is 2.67. The second-order valence-electron chi connectivity index (χ2n) is 3.79. The van der Waals surface area contributed by atoms with Crippen LogP contribution in [0, 0.1) is 11.6 Å². The lowest BCUT2D eigenvalue weighted by Crippen LogP contribution is -1.93. The zero-order valence-electron chi connectivity index (χ0n) is 9.28. The standard InChI is InChI=1S/C11H6BrF2N5/c12-4-1-5(13)7(6(14)2-4)10-18-8-9(15)16-3-17-11(8)19-10/h1-3H,(H3,15,16,17,18,19). The number of nitrogens with one attached hydrogen (secondary N) is 1. The van der Waals surface area contributed by atoms with Crippen molar-refractivity contribution in [2.24, 2.45) is 0 Å². The molecular weight excluding hydrogens is 320 g/mol. The van der Waals surface area contributed by atoms with E-state index < -0.39 is 11.6 Å². The van der Waals surface area contributed by atoms with Crippen LogP contribution in [-0.2, 0) is 0 Å². The highest BCUT2D eigenvalue weighted by Crippen LogP contribution is 2.28. The summed E-state index contributed by atoms with van der Waals surface area (Å²) in [5.74, 6) is -1.29. The van der Waals surface area contributed by atoms with Crippen molar-refractivity contribution in [3.8, 4) is 11.4 Å².